The highest BCUT2D eigenvalue weighted by Gasteiger charge is 2.29. The molecular formula is C24H25NO6. The van der Waals surface area contributed by atoms with Crippen LogP contribution in [0.25, 0.3) is 0 Å². The van der Waals surface area contributed by atoms with Crippen molar-refractivity contribution >= 4 is 17.6 Å². The van der Waals surface area contributed by atoms with Crippen LogP contribution in [0.5, 0.6) is 17.2 Å². The Morgan fingerprint density at radius 3 is 2.71 bits per heavy atom. The van der Waals surface area contributed by atoms with Gasteiger partial charge < -0.3 is 24.6 Å². The maximum absolute atomic E-state index is 12.6. The Labute approximate surface area is 181 Å². The molecule has 1 amide bonds. The normalized spacial score (nSPS) is 14.2. The summed E-state index contributed by atoms with van der Waals surface area (Å²) in [6.45, 7) is 2.37. The summed E-state index contributed by atoms with van der Waals surface area (Å²) in [7, 11) is 0. The molecule has 2 N–H and O–H groups in total. The van der Waals surface area contributed by atoms with Crippen molar-refractivity contribution in [3.63, 3.8) is 0 Å². The Balaban J connectivity index is 1.58. The Morgan fingerprint density at radius 1 is 1.16 bits per heavy atom. The largest absolute Gasteiger partial charge is 0.485 e. The number of amides is 1. The molecule has 0 radical (unpaired) electrons. The summed E-state index contributed by atoms with van der Waals surface area (Å²) < 4.78 is 16.5. The number of hydrogen-bond acceptors (Lipinski definition) is 5. The van der Waals surface area contributed by atoms with Gasteiger partial charge in [0, 0.05) is 12.0 Å². The first kappa shape index (κ1) is 22.0. The molecular weight excluding hydrogens is 398 g/mol. The molecule has 7 nitrogen and oxygen atoms in total. The van der Waals surface area contributed by atoms with Gasteiger partial charge in [0.25, 0.3) is 5.91 Å². The van der Waals surface area contributed by atoms with Gasteiger partial charge in [-0.05, 0) is 42.8 Å². The van der Waals surface area contributed by atoms with Gasteiger partial charge in [0.05, 0.1) is 5.69 Å². The fraction of sp³-hybridized carbons (Fsp3) is 0.333. The predicted octanol–water partition coefficient (Wildman–Crippen LogP) is 4.13. The second-order valence-electron chi connectivity index (χ2n) is 6.97. The second kappa shape index (κ2) is 10.9. The van der Waals surface area contributed by atoms with Crippen LogP contribution in [0.2, 0.25) is 0 Å². The highest BCUT2D eigenvalue weighted by Crippen LogP contribution is 2.39. The summed E-state index contributed by atoms with van der Waals surface area (Å²) in [5.41, 5.74) is 0.759. The monoisotopic (exact) mass is 423 g/mol. The van der Waals surface area contributed by atoms with Crippen molar-refractivity contribution in [1.82, 2.24) is 0 Å². The van der Waals surface area contributed by atoms with Gasteiger partial charge in [0.15, 0.2) is 11.5 Å². The Bertz CT molecular complexity index is 974. The zero-order valence-electron chi connectivity index (χ0n) is 17.3. The third-order valence-electron chi connectivity index (χ3n) is 4.61. The third kappa shape index (κ3) is 6.16. The molecule has 1 aliphatic heterocycles. The van der Waals surface area contributed by atoms with E-state index in [0.717, 1.165) is 12.8 Å². The highest BCUT2D eigenvalue weighted by molar-refractivity contribution is 6.05. The Kier molecular flexibility index (Phi) is 7.77. The van der Waals surface area contributed by atoms with E-state index in [9.17, 15) is 9.59 Å². The Hall–Kier alpha value is -3.66. The topological polar surface area (TPSA) is 94.1 Å². The minimum atomic E-state index is -1.13. The average Bonchev–Trinajstić information content (AvgIpc) is 2.78. The number of aliphatic carboxylic acids is 1. The first-order valence-electron chi connectivity index (χ1n) is 10.2. The van der Waals surface area contributed by atoms with E-state index in [2.05, 4.69) is 24.1 Å². The van der Waals surface area contributed by atoms with E-state index in [-0.39, 0.29) is 18.3 Å². The van der Waals surface area contributed by atoms with Crippen LogP contribution >= 0.6 is 0 Å². The van der Waals surface area contributed by atoms with E-state index >= 15 is 0 Å². The molecule has 0 saturated heterocycles. The van der Waals surface area contributed by atoms with E-state index in [1.54, 1.807) is 42.5 Å². The highest BCUT2D eigenvalue weighted by atomic mass is 16.6. The number of fused-ring (bicyclic) bond motifs is 1. The maximum atomic E-state index is 12.6. The number of para-hydroxylation sites is 1. The van der Waals surface area contributed by atoms with Crippen molar-refractivity contribution in [3.05, 3.63) is 48.0 Å². The van der Waals surface area contributed by atoms with Crippen molar-refractivity contribution in [2.75, 3.05) is 18.5 Å². The van der Waals surface area contributed by atoms with Crippen molar-refractivity contribution in [3.8, 4) is 29.1 Å². The lowest BCUT2D eigenvalue weighted by Gasteiger charge is -2.25. The number of anilines is 1. The molecule has 0 spiro atoms. The summed E-state index contributed by atoms with van der Waals surface area (Å²) >= 11 is 0. The number of carboxylic acid groups (broad SMARTS) is 1. The van der Waals surface area contributed by atoms with Crippen molar-refractivity contribution < 1.29 is 28.9 Å². The van der Waals surface area contributed by atoms with Gasteiger partial charge in [0.2, 0.25) is 6.10 Å². The lowest BCUT2D eigenvalue weighted by Crippen LogP contribution is -2.36. The molecule has 3 rings (SSSR count). The smallest absolute Gasteiger partial charge is 0.348 e. The summed E-state index contributed by atoms with van der Waals surface area (Å²) in [4.78, 5) is 23.8. The van der Waals surface area contributed by atoms with E-state index < -0.39 is 12.1 Å². The number of nitrogens with one attached hydrogen (secondary N) is 1. The zero-order chi connectivity index (χ0) is 22.1. The molecule has 162 valence electrons. The first-order valence-corrected chi connectivity index (χ1v) is 10.2. The lowest BCUT2D eigenvalue weighted by molar-refractivity contribution is -0.147. The van der Waals surface area contributed by atoms with Crippen LogP contribution in [-0.2, 0) is 4.79 Å². The van der Waals surface area contributed by atoms with Crippen LogP contribution in [0.3, 0.4) is 0 Å². The van der Waals surface area contributed by atoms with E-state index in [4.69, 9.17) is 19.3 Å². The molecule has 0 bridgehead atoms. The van der Waals surface area contributed by atoms with Gasteiger partial charge >= 0.3 is 5.97 Å². The van der Waals surface area contributed by atoms with Crippen molar-refractivity contribution in [2.45, 2.75) is 38.7 Å². The molecule has 0 saturated carbocycles. The molecule has 1 aliphatic rings. The van der Waals surface area contributed by atoms with Gasteiger partial charge in [-0.2, -0.15) is 0 Å². The number of unbranched alkanes of at least 4 members (excludes halogenated alkanes) is 3. The number of ether oxygens (including phenoxy) is 3. The molecule has 2 aromatic carbocycles. The van der Waals surface area contributed by atoms with E-state index in [1.165, 1.54) is 12.8 Å². The molecule has 1 unspecified atom stereocenters. The molecule has 0 aliphatic carbocycles. The van der Waals surface area contributed by atoms with Crippen LogP contribution in [0.15, 0.2) is 42.5 Å². The van der Waals surface area contributed by atoms with E-state index in [1.807, 2.05) is 0 Å². The quantitative estimate of drug-likeness (QED) is 0.490. The summed E-state index contributed by atoms with van der Waals surface area (Å²) in [6, 6.07) is 11.7. The molecule has 2 aromatic rings. The van der Waals surface area contributed by atoms with E-state index in [0.29, 0.717) is 29.4 Å². The number of carbonyl (C=O) groups is 2. The van der Waals surface area contributed by atoms with Crippen LogP contribution in [0.4, 0.5) is 5.69 Å². The summed E-state index contributed by atoms with van der Waals surface area (Å²) in [5, 5.41) is 11.9. The molecule has 1 atom stereocenters. The number of carboxylic acids is 1. The van der Waals surface area contributed by atoms with Crippen LogP contribution < -0.4 is 19.5 Å². The van der Waals surface area contributed by atoms with Gasteiger partial charge in [-0.3, -0.25) is 4.79 Å². The Morgan fingerprint density at radius 2 is 1.97 bits per heavy atom. The SMILES string of the molecule is CCCCCC#CCOc1ccc(C(=O)Nc2cccc3c2OC(C(=O)O)CO3)cc1. The van der Waals surface area contributed by atoms with Crippen molar-refractivity contribution in [1.29, 1.82) is 0 Å². The molecule has 0 fully saturated rings. The van der Waals surface area contributed by atoms with Gasteiger partial charge in [0.1, 0.15) is 19.0 Å². The molecule has 1 heterocycles. The van der Waals surface area contributed by atoms with Crippen molar-refractivity contribution in [2.24, 2.45) is 0 Å². The predicted molar refractivity (Wildman–Crippen MR) is 116 cm³/mol. The fourth-order valence-electron chi connectivity index (χ4n) is 2.93. The minimum absolute atomic E-state index is 0.0929. The van der Waals surface area contributed by atoms with Gasteiger partial charge in [-0.25, -0.2) is 4.79 Å². The van der Waals surface area contributed by atoms with Gasteiger partial charge in [-0.15, -0.1) is 0 Å². The zero-order valence-corrected chi connectivity index (χ0v) is 17.3. The number of hydrogen-bond donors (Lipinski definition) is 2. The first-order chi connectivity index (χ1) is 15.1. The van der Waals surface area contributed by atoms with Crippen LogP contribution in [0.1, 0.15) is 43.0 Å². The summed E-state index contributed by atoms with van der Waals surface area (Å²) in [6.07, 6.45) is 3.21. The average molecular weight is 423 g/mol. The maximum Gasteiger partial charge on any atom is 0.348 e. The standard InChI is InChI=1S/C24H25NO6/c1-2-3-4-5-6-7-15-29-18-13-11-17(12-14-18)23(26)25-19-9-8-10-20-22(19)31-21(16-30-20)24(27)28/h8-14,21H,2-5,15-16H2,1H3,(H,25,26)(H,27,28). The number of benzene rings is 2. The van der Waals surface area contributed by atoms with Crippen LogP contribution in [-0.4, -0.2) is 36.3 Å². The minimum Gasteiger partial charge on any atom is -0.485 e. The second-order valence-corrected chi connectivity index (χ2v) is 6.97. The number of carbonyl (C=O) groups excluding carboxylic acids is 1. The molecule has 0 aromatic heterocycles. The molecule has 31 heavy (non-hydrogen) atoms. The lowest BCUT2D eigenvalue weighted by atomic mass is 10.2. The van der Waals surface area contributed by atoms with Gasteiger partial charge in [-0.1, -0.05) is 37.7 Å². The summed E-state index contributed by atoms with van der Waals surface area (Å²) in [5.74, 6) is 5.78. The molecule has 7 heteroatoms. The fourth-order valence-corrected chi connectivity index (χ4v) is 2.93. The third-order valence-corrected chi connectivity index (χ3v) is 4.61. The number of rotatable bonds is 8. The van der Waals surface area contributed by atoms with Crippen LogP contribution in [0, 0.1) is 11.8 Å².